The number of hydrogen-bond acceptors (Lipinski definition) is 4. The number of rotatable bonds is 7. The van der Waals surface area contributed by atoms with Crippen molar-refractivity contribution in [1.29, 1.82) is 0 Å². The summed E-state index contributed by atoms with van der Waals surface area (Å²) in [7, 11) is 2.74. The van der Waals surface area contributed by atoms with Gasteiger partial charge < -0.3 is 9.47 Å². The van der Waals surface area contributed by atoms with Gasteiger partial charge in [-0.2, -0.15) is 5.10 Å². The van der Waals surface area contributed by atoms with Crippen LogP contribution in [0.5, 0.6) is 11.5 Å². The Labute approximate surface area is 205 Å². The first-order valence-electron chi connectivity index (χ1n) is 10.6. The monoisotopic (exact) mass is 494 g/mol. The van der Waals surface area contributed by atoms with Crippen molar-refractivity contribution in [3.8, 4) is 33.9 Å². The lowest BCUT2D eigenvalue weighted by atomic mass is 9.99. The molecule has 0 amide bonds. The van der Waals surface area contributed by atoms with Crippen LogP contribution in [0.25, 0.3) is 28.5 Å². The van der Waals surface area contributed by atoms with E-state index in [9.17, 15) is 13.6 Å². The van der Waals surface area contributed by atoms with Crippen molar-refractivity contribution < 1.29 is 18.3 Å². The van der Waals surface area contributed by atoms with E-state index in [4.69, 9.17) is 21.1 Å². The van der Waals surface area contributed by atoms with E-state index in [1.54, 1.807) is 30.3 Å². The highest BCUT2D eigenvalue weighted by Gasteiger charge is 2.16. The molecule has 178 valence electrons. The van der Waals surface area contributed by atoms with Crippen LogP contribution < -0.4 is 15.0 Å². The smallest absolute Gasteiger partial charge is 0.267 e. The maximum Gasteiger partial charge on any atom is 0.267 e. The van der Waals surface area contributed by atoms with E-state index < -0.39 is 17.2 Å². The minimum atomic E-state index is -0.591. The average Bonchev–Trinajstić information content (AvgIpc) is 2.86. The molecule has 4 rings (SSSR count). The van der Waals surface area contributed by atoms with E-state index in [-0.39, 0.29) is 18.0 Å². The molecule has 0 atom stereocenters. The third-order valence-corrected chi connectivity index (χ3v) is 5.60. The fourth-order valence-corrected chi connectivity index (χ4v) is 3.69. The van der Waals surface area contributed by atoms with Crippen molar-refractivity contribution in [2.24, 2.45) is 0 Å². The van der Waals surface area contributed by atoms with Crippen LogP contribution in [0.4, 0.5) is 8.78 Å². The molecule has 0 saturated heterocycles. The second-order valence-electron chi connectivity index (χ2n) is 7.58. The molecular weight excluding hydrogens is 474 g/mol. The third kappa shape index (κ3) is 5.41. The zero-order chi connectivity index (χ0) is 24.9. The number of methoxy groups -OCH3 is 2. The molecule has 0 aliphatic rings. The minimum Gasteiger partial charge on any atom is -0.494 e. The van der Waals surface area contributed by atoms with Crippen molar-refractivity contribution in [1.82, 2.24) is 9.78 Å². The normalized spacial score (nSPS) is 11.1. The Hall–Kier alpha value is -3.97. The summed E-state index contributed by atoms with van der Waals surface area (Å²) in [5, 5.41) is 5.13. The van der Waals surface area contributed by atoms with Crippen LogP contribution in [0, 0.1) is 11.6 Å². The lowest BCUT2D eigenvalue weighted by Crippen LogP contribution is -2.22. The van der Waals surface area contributed by atoms with Crippen molar-refractivity contribution in [2.75, 3.05) is 14.2 Å². The Balaban J connectivity index is 1.79. The molecule has 35 heavy (non-hydrogen) atoms. The van der Waals surface area contributed by atoms with Gasteiger partial charge in [0.2, 0.25) is 0 Å². The van der Waals surface area contributed by atoms with Gasteiger partial charge >= 0.3 is 0 Å². The highest BCUT2D eigenvalue weighted by Crippen LogP contribution is 2.33. The van der Waals surface area contributed by atoms with Crippen LogP contribution in [0.2, 0.25) is 5.02 Å². The fraction of sp³-hybridized carbons (Fsp3) is 0.111. The molecule has 0 N–H and O–H groups in total. The summed E-state index contributed by atoms with van der Waals surface area (Å²) < 4.78 is 40.2. The van der Waals surface area contributed by atoms with Gasteiger partial charge in [0, 0.05) is 22.2 Å². The summed E-state index contributed by atoms with van der Waals surface area (Å²) in [6.07, 6.45) is 3.62. The summed E-state index contributed by atoms with van der Waals surface area (Å²) in [6, 6.07) is 17.3. The molecule has 0 aliphatic heterocycles. The van der Waals surface area contributed by atoms with Gasteiger partial charge in [0.15, 0.2) is 23.1 Å². The second-order valence-corrected chi connectivity index (χ2v) is 8.02. The van der Waals surface area contributed by atoms with Gasteiger partial charge in [-0.1, -0.05) is 42.0 Å². The first kappa shape index (κ1) is 24.2. The first-order valence-corrected chi connectivity index (χ1v) is 11.0. The molecule has 0 spiro atoms. The molecule has 0 radical (unpaired) electrons. The zero-order valence-corrected chi connectivity index (χ0v) is 19.7. The number of halogens is 3. The average molecular weight is 495 g/mol. The molecule has 1 aromatic heterocycles. The van der Waals surface area contributed by atoms with E-state index >= 15 is 0 Å². The number of nitrogens with zero attached hydrogens (tertiary/aromatic N) is 2. The predicted octanol–water partition coefficient (Wildman–Crippen LogP) is 6.24. The van der Waals surface area contributed by atoms with Gasteiger partial charge in [0.1, 0.15) is 0 Å². The lowest BCUT2D eigenvalue weighted by molar-refractivity contribution is 0.386. The molecule has 4 aromatic rings. The Morgan fingerprint density at radius 1 is 0.886 bits per heavy atom. The lowest BCUT2D eigenvalue weighted by Gasteiger charge is -2.13. The third-order valence-electron chi connectivity index (χ3n) is 5.34. The van der Waals surface area contributed by atoms with Crippen LogP contribution in [0.3, 0.4) is 0 Å². The van der Waals surface area contributed by atoms with Gasteiger partial charge in [0.25, 0.3) is 5.56 Å². The molecule has 0 unspecified atom stereocenters. The Kier molecular flexibility index (Phi) is 7.27. The molecular formula is C27H21ClF2N2O3. The highest BCUT2D eigenvalue weighted by atomic mass is 35.5. The maximum absolute atomic E-state index is 14.5. The van der Waals surface area contributed by atoms with Crippen molar-refractivity contribution in [3.63, 3.8) is 0 Å². The molecule has 0 saturated carbocycles. The van der Waals surface area contributed by atoms with Gasteiger partial charge in [-0.15, -0.1) is 0 Å². The van der Waals surface area contributed by atoms with E-state index in [2.05, 4.69) is 5.10 Å². The number of ether oxygens (including phenoxy) is 2. The molecule has 3 aromatic carbocycles. The number of benzene rings is 3. The minimum absolute atomic E-state index is 0.0689. The van der Waals surface area contributed by atoms with Crippen LogP contribution in [0.1, 0.15) is 5.56 Å². The molecule has 0 fully saturated rings. The first-order chi connectivity index (χ1) is 16.9. The summed E-state index contributed by atoms with van der Waals surface area (Å²) in [6.45, 7) is 0.171. The number of hydrogen-bond donors (Lipinski definition) is 0. The SMILES string of the molecule is COc1ccc(-c2cc(=O)n(C/C=C/c3ccc(Cl)cc3)nc2-c2ccc(OC)c(F)c2)cc1F. The topological polar surface area (TPSA) is 53.4 Å². The van der Waals surface area contributed by atoms with E-state index in [1.807, 2.05) is 18.2 Å². The number of allylic oxidation sites excluding steroid dienone is 1. The maximum atomic E-state index is 14.5. The second kappa shape index (κ2) is 10.5. The van der Waals surface area contributed by atoms with Gasteiger partial charge in [0.05, 0.1) is 26.5 Å². The number of aromatic nitrogens is 2. The van der Waals surface area contributed by atoms with Crippen LogP contribution in [-0.2, 0) is 6.54 Å². The quantitative estimate of drug-likeness (QED) is 0.305. The molecule has 1 heterocycles. The summed E-state index contributed by atoms with van der Waals surface area (Å²) in [5.74, 6) is -1.03. The van der Waals surface area contributed by atoms with Gasteiger partial charge in [-0.3, -0.25) is 4.79 Å². The van der Waals surface area contributed by atoms with E-state index in [0.717, 1.165) is 5.56 Å². The van der Waals surface area contributed by atoms with Crippen LogP contribution >= 0.6 is 11.6 Å². The standard InChI is InChI=1S/C27H21ClF2N2O3/c1-34-24-11-7-18(14-22(24)29)21-16-26(33)32(13-3-4-17-5-9-20(28)10-6-17)31-27(21)19-8-12-25(35-2)23(30)15-19/h3-12,14-16H,13H2,1-2H3/b4-3+. The van der Waals surface area contributed by atoms with Crippen molar-refractivity contribution in [3.05, 3.63) is 105 Å². The molecule has 0 aliphatic carbocycles. The van der Waals surface area contributed by atoms with Crippen molar-refractivity contribution >= 4 is 17.7 Å². The Bertz CT molecular complexity index is 1450. The molecule has 0 bridgehead atoms. The zero-order valence-electron chi connectivity index (χ0n) is 19.0. The largest absolute Gasteiger partial charge is 0.494 e. The highest BCUT2D eigenvalue weighted by molar-refractivity contribution is 6.30. The van der Waals surface area contributed by atoms with Gasteiger partial charge in [-0.05, 0) is 53.6 Å². The fourth-order valence-electron chi connectivity index (χ4n) is 3.56. The Morgan fingerprint density at radius 2 is 1.49 bits per heavy atom. The van der Waals surface area contributed by atoms with Crippen LogP contribution in [-0.4, -0.2) is 24.0 Å². The summed E-state index contributed by atoms with van der Waals surface area (Å²) in [4.78, 5) is 12.9. The summed E-state index contributed by atoms with van der Waals surface area (Å²) >= 11 is 5.92. The van der Waals surface area contributed by atoms with E-state index in [0.29, 0.717) is 27.4 Å². The predicted molar refractivity (Wildman–Crippen MR) is 133 cm³/mol. The molecule has 8 heteroatoms. The van der Waals surface area contributed by atoms with E-state index in [1.165, 1.54) is 49.2 Å². The molecule has 5 nitrogen and oxygen atoms in total. The van der Waals surface area contributed by atoms with Crippen LogP contribution in [0.15, 0.2) is 77.6 Å². The van der Waals surface area contributed by atoms with Gasteiger partial charge in [-0.25, -0.2) is 13.5 Å². The Morgan fingerprint density at radius 3 is 2.09 bits per heavy atom. The van der Waals surface area contributed by atoms with Crippen molar-refractivity contribution in [2.45, 2.75) is 6.54 Å². The summed E-state index contributed by atoms with van der Waals surface area (Å²) in [5.41, 5.74) is 2.00.